The van der Waals surface area contributed by atoms with Gasteiger partial charge in [-0.2, -0.15) is 0 Å². The van der Waals surface area contributed by atoms with Gasteiger partial charge in [0.1, 0.15) is 0 Å². The van der Waals surface area contributed by atoms with E-state index in [9.17, 15) is 4.79 Å². The molecule has 1 saturated heterocycles. The summed E-state index contributed by atoms with van der Waals surface area (Å²) < 4.78 is 5.64. The van der Waals surface area contributed by atoms with Crippen LogP contribution in [0.15, 0.2) is 24.3 Å². The number of rotatable bonds is 6. The quantitative estimate of drug-likeness (QED) is 0.824. The lowest BCUT2D eigenvalue weighted by molar-refractivity contribution is -0.136. The van der Waals surface area contributed by atoms with E-state index < -0.39 is 5.97 Å². The molecule has 0 amide bonds. The highest BCUT2D eigenvalue weighted by Crippen LogP contribution is 2.15. The average Bonchev–Trinajstić information content (AvgIpc) is 2.91. The van der Waals surface area contributed by atoms with E-state index in [1.165, 1.54) is 5.56 Å². The number of hydrogen-bond donors (Lipinski definition) is 2. The molecular formula is C15H21NO3. The van der Waals surface area contributed by atoms with E-state index in [0.29, 0.717) is 12.1 Å². The highest BCUT2D eigenvalue weighted by atomic mass is 16.5. The molecule has 4 nitrogen and oxygen atoms in total. The summed E-state index contributed by atoms with van der Waals surface area (Å²) in [5.41, 5.74) is 2.00. The van der Waals surface area contributed by atoms with E-state index >= 15 is 0 Å². The predicted octanol–water partition coefficient (Wildman–Crippen LogP) is 1.97. The van der Waals surface area contributed by atoms with Crippen molar-refractivity contribution in [2.24, 2.45) is 0 Å². The molecule has 2 atom stereocenters. The zero-order chi connectivity index (χ0) is 13.7. The predicted molar refractivity (Wildman–Crippen MR) is 73.1 cm³/mol. The number of nitrogens with one attached hydrogen (secondary N) is 1. The Kier molecular flexibility index (Phi) is 4.93. The van der Waals surface area contributed by atoms with Gasteiger partial charge in [0.25, 0.3) is 0 Å². The van der Waals surface area contributed by atoms with E-state index in [1.807, 2.05) is 24.3 Å². The van der Waals surface area contributed by atoms with Crippen LogP contribution in [0.25, 0.3) is 0 Å². The molecular weight excluding hydrogens is 242 g/mol. The van der Waals surface area contributed by atoms with Crippen LogP contribution in [0.4, 0.5) is 0 Å². The molecule has 1 aliphatic heterocycles. The van der Waals surface area contributed by atoms with Gasteiger partial charge in [-0.15, -0.1) is 0 Å². The van der Waals surface area contributed by atoms with E-state index in [0.717, 1.165) is 31.6 Å². The molecule has 1 aliphatic rings. The van der Waals surface area contributed by atoms with Gasteiger partial charge in [-0.05, 0) is 30.9 Å². The SMILES string of the molecule is CC(NCc1ccc(CC(=O)O)cc1)C1CCCO1. The van der Waals surface area contributed by atoms with Gasteiger partial charge in [0.15, 0.2) is 0 Å². The lowest BCUT2D eigenvalue weighted by atomic mass is 10.1. The first kappa shape index (κ1) is 14.0. The van der Waals surface area contributed by atoms with Gasteiger partial charge >= 0.3 is 5.97 Å². The van der Waals surface area contributed by atoms with Crippen molar-refractivity contribution in [2.75, 3.05) is 6.61 Å². The summed E-state index contributed by atoms with van der Waals surface area (Å²) in [5, 5.41) is 12.2. The van der Waals surface area contributed by atoms with E-state index in [1.54, 1.807) is 0 Å². The lowest BCUT2D eigenvalue weighted by Gasteiger charge is -2.20. The molecule has 1 aromatic carbocycles. The van der Waals surface area contributed by atoms with Crippen LogP contribution in [0.2, 0.25) is 0 Å². The second-order valence-corrected chi connectivity index (χ2v) is 5.11. The van der Waals surface area contributed by atoms with E-state index in [4.69, 9.17) is 9.84 Å². The maximum Gasteiger partial charge on any atom is 0.307 e. The zero-order valence-corrected chi connectivity index (χ0v) is 11.3. The number of aliphatic carboxylic acids is 1. The van der Waals surface area contributed by atoms with Crippen LogP contribution in [0, 0.1) is 0 Å². The molecule has 1 heterocycles. The molecule has 104 valence electrons. The number of carboxylic acids is 1. The summed E-state index contributed by atoms with van der Waals surface area (Å²) in [5.74, 6) is -0.794. The Hall–Kier alpha value is -1.39. The summed E-state index contributed by atoms with van der Waals surface area (Å²) in [6.45, 7) is 3.81. The van der Waals surface area contributed by atoms with Crippen molar-refractivity contribution in [1.29, 1.82) is 0 Å². The van der Waals surface area contributed by atoms with Crippen LogP contribution in [0.1, 0.15) is 30.9 Å². The maximum absolute atomic E-state index is 10.6. The largest absolute Gasteiger partial charge is 0.481 e. The average molecular weight is 263 g/mol. The van der Waals surface area contributed by atoms with Crippen LogP contribution in [0.3, 0.4) is 0 Å². The van der Waals surface area contributed by atoms with Crippen LogP contribution in [-0.4, -0.2) is 29.8 Å². The molecule has 0 spiro atoms. The Morgan fingerprint density at radius 2 is 2.11 bits per heavy atom. The fraction of sp³-hybridized carbons (Fsp3) is 0.533. The number of carboxylic acid groups (broad SMARTS) is 1. The van der Waals surface area contributed by atoms with Gasteiger partial charge in [-0.1, -0.05) is 24.3 Å². The van der Waals surface area contributed by atoms with Crippen molar-refractivity contribution < 1.29 is 14.6 Å². The first-order chi connectivity index (χ1) is 9.15. The third-order valence-electron chi connectivity index (χ3n) is 3.53. The van der Waals surface area contributed by atoms with Crippen LogP contribution in [0.5, 0.6) is 0 Å². The fourth-order valence-electron chi connectivity index (χ4n) is 2.36. The Bertz CT molecular complexity index is 410. The highest BCUT2D eigenvalue weighted by molar-refractivity contribution is 5.70. The van der Waals surface area contributed by atoms with Crippen molar-refractivity contribution in [2.45, 2.75) is 44.9 Å². The van der Waals surface area contributed by atoms with Crippen molar-refractivity contribution in [3.63, 3.8) is 0 Å². The van der Waals surface area contributed by atoms with Crippen molar-refractivity contribution in [3.05, 3.63) is 35.4 Å². The van der Waals surface area contributed by atoms with Crippen LogP contribution < -0.4 is 5.32 Å². The fourth-order valence-corrected chi connectivity index (χ4v) is 2.36. The van der Waals surface area contributed by atoms with E-state index in [2.05, 4.69) is 12.2 Å². The first-order valence-electron chi connectivity index (χ1n) is 6.80. The summed E-state index contributed by atoms with van der Waals surface area (Å²) in [6, 6.07) is 8.06. The molecule has 2 unspecified atom stereocenters. The Balaban J connectivity index is 1.80. The van der Waals surface area contributed by atoms with Gasteiger partial charge in [0.05, 0.1) is 12.5 Å². The first-order valence-corrected chi connectivity index (χ1v) is 6.80. The minimum Gasteiger partial charge on any atom is -0.481 e. The smallest absolute Gasteiger partial charge is 0.307 e. The van der Waals surface area contributed by atoms with Gasteiger partial charge in [0.2, 0.25) is 0 Å². The normalized spacial score (nSPS) is 20.4. The monoisotopic (exact) mass is 263 g/mol. The molecule has 1 fully saturated rings. The molecule has 0 saturated carbocycles. The van der Waals surface area contributed by atoms with Gasteiger partial charge in [-0.25, -0.2) is 0 Å². The molecule has 2 rings (SSSR count). The molecule has 1 aromatic rings. The minimum absolute atomic E-state index is 0.0834. The Labute approximate surface area is 113 Å². The third kappa shape index (κ3) is 4.33. The lowest BCUT2D eigenvalue weighted by Crippen LogP contribution is -2.36. The third-order valence-corrected chi connectivity index (χ3v) is 3.53. The number of ether oxygens (including phenoxy) is 1. The summed E-state index contributed by atoms with van der Waals surface area (Å²) in [7, 11) is 0. The molecule has 4 heteroatoms. The summed E-state index contributed by atoms with van der Waals surface area (Å²) in [6.07, 6.45) is 2.69. The van der Waals surface area contributed by atoms with Gasteiger partial charge in [-0.3, -0.25) is 4.79 Å². The molecule has 0 radical (unpaired) electrons. The van der Waals surface area contributed by atoms with E-state index in [-0.39, 0.29) is 6.42 Å². The second-order valence-electron chi connectivity index (χ2n) is 5.11. The van der Waals surface area contributed by atoms with Crippen LogP contribution >= 0.6 is 0 Å². The van der Waals surface area contributed by atoms with Crippen LogP contribution in [-0.2, 0) is 22.5 Å². The van der Waals surface area contributed by atoms with Crippen molar-refractivity contribution in [1.82, 2.24) is 5.32 Å². The van der Waals surface area contributed by atoms with Crippen molar-refractivity contribution >= 4 is 5.97 Å². The van der Waals surface area contributed by atoms with Gasteiger partial charge in [0, 0.05) is 19.2 Å². The molecule has 0 aliphatic carbocycles. The highest BCUT2D eigenvalue weighted by Gasteiger charge is 2.21. The molecule has 0 bridgehead atoms. The topological polar surface area (TPSA) is 58.6 Å². The maximum atomic E-state index is 10.6. The second kappa shape index (κ2) is 6.68. The molecule has 0 aromatic heterocycles. The summed E-state index contributed by atoms with van der Waals surface area (Å²) in [4.78, 5) is 10.6. The van der Waals surface area contributed by atoms with Crippen molar-refractivity contribution in [3.8, 4) is 0 Å². The number of hydrogen-bond acceptors (Lipinski definition) is 3. The summed E-state index contributed by atoms with van der Waals surface area (Å²) >= 11 is 0. The standard InChI is InChI=1S/C15H21NO3/c1-11(14-3-2-8-19-14)16-10-13-6-4-12(5-7-13)9-15(17)18/h4-7,11,14,16H,2-3,8-10H2,1H3,(H,17,18). The zero-order valence-electron chi connectivity index (χ0n) is 11.3. The number of carbonyl (C=O) groups is 1. The van der Waals surface area contributed by atoms with Gasteiger partial charge < -0.3 is 15.2 Å². The number of benzene rings is 1. The molecule has 19 heavy (non-hydrogen) atoms. The Morgan fingerprint density at radius 3 is 2.68 bits per heavy atom. The molecule has 2 N–H and O–H groups in total. The Morgan fingerprint density at radius 1 is 1.42 bits per heavy atom. The minimum atomic E-state index is -0.794.